The van der Waals surface area contributed by atoms with Crippen LogP contribution in [0.2, 0.25) is 0 Å². The smallest absolute Gasteiger partial charge is 0.344 e. The van der Waals surface area contributed by atoms with Gasteiger partial charge in [-0.25, -0.2) is 9.78 Å². The molecule has 174 valence electrons. The molecule has 8 nitrogen and oxygen atoms in total. The van der Waals surface area contributed by atoms with Gasteiger partial charge in [-0.1, -0.05) is 36.7 Å². The van der Waals surface area contributed by atoms with Gasteiger partial charge >= 0.3 is 5.97 Å². The van der Waals surface area contributed by atoms with Gasteiger partial charge in [-0.15, -0.1) is 0 Å². The Hall–Kier alpha value is -3.20. The van der Waals surface area contributed by atoms with Gasteiger partial charge in [-0.3, -0.25) is 4.79 Å². The van der Waals surface area contributed by atoms with Gasteiger partial charge in [0.15, 0.2) is 6.10 Å². The average Bonchev–Trinajstić information content (AvgIpc) is 2.73. The molecule has 0 radical (unpaired) electrons. The third kappa shape index (κ3) is 5.42. The lowest BCUT2D eigenvalue weighted by atomic mass is 9.95. The fourth-order valence-electron chi connectivity index (χ4n) is 3.11. The van der Waals surface area contributed by atoms with Crippen LogP contribution in [0.4, 0.5) is 5.69 Å². The van der Waals surface area contributed by atoms with Crippen LogP contribution in [0.1, 0.15) is 39.1 Å². The maximum absolute atomic E-state index is 13.3. The Labute approximate surface area is 200 Å². The molecule has 1 heterocycles. The van der Waals surface area contributed by atoms with Crippen LogP contribution in [0.5, 0.6) is 5.75 Å². The predicted molar refractivity (Wildman–Crippen MR) is 134 cm³/mol. The van der Waals surface area contributed by atoms with Gasteiger partial charge in [0, 0.05) is 41.3 Å². The van der Waals surface area contributed by atoms with Gasteiger partial charge in [0.1, 0.15) is 11.6 Å². The number of aromatic nitrogens is 2. The number of carboxylic acids is 1. The van der Waals surface area contributed by atoms with Crippen molar-refractivity contribution in [2.75, 3.05) is 19.0 Å². The third-order valence-electron chi connectivity index (χ3n) is 4.96. The summed E-state index contributed by atoms with van der Waals surface area (Å²) in [5, 5.41) is 14.2. The molecule has 0 unspecified atom stereocenters. The summed E-state index contributed by atoms with van der Waals surface area (Å²) in [5.74, 6) is -0.227. The molecule has 9 heteroatoms. The zero-order chi connectivity index (χ0) is 24.5. The molecule has 1 N–H and O–H groups in total. The van der Waals surface area contributed by atoms with Crippen molar-refractivity contribution < 1.29 is 14.6 Å². The Morgan fingerprint density at radius 2 is 1.94 bits per heavy atom. The average molecular weight is 515 g/mol. The molecule has 33 heavy (non-hydrogen) atoms. The fourth-order valence-corrected chi connectivity index (χ4v) is 3.47. The molecular weight excluding hydrogens is 488 g/mol. The summed E-state index contributed by atoms with van der Waals surface area (Å²) in [4.78, 5) is 31.3. The highest BCUT2D eigenvalue weighted by Crippen LogP contribution is 2.26. The number of hydrogen-bond acceptors (Lipinski definition) is 6. The molecule has 0 aliphatic rings. The monoisotopic (exact) mass is 514 g/mol. The Bertz CT molecular complexity index is 1290. The topological polar surface area (TPSA) is 97.0 Å². The van der Waals surface area contributed by atoms with Crippen LogP contribution in [-0.2, 0) is 10.2 Å². The summed E-state index contributed by atoms with van der Waals surface area (Å²) in [7, 11) is 3.75. The van der Waals surface area contributed by atoms with Crippen LogP contribution in [0.15, 0.2) is 50.8 Å². The Morgan fingerprint density at radius 1 is 1.24 bits per heavy atom. The zero-order valence-electron chi connectivity index (χ0n) is 19.5. The van der Waals surface area contributed by atoms with Gasteiger partial charge in [0.05, 0.1) is 17.1 Å². The molecule has 0 aliphatic heterocycles. The van der Waals surface area contributed by atoms with E-state index >= 15 is 0 Å². The maximum atomic E-state index is 13.3. The van der Waals surface area contributed by atoms with Gasteiger partial charge < -0.3 is 14.7 Å². The van der Waals surface area contributed by atoms with Crippen LogP contribution < -0.4 is 15.2 Å². The molecule has 0 saturated carbocycles. The molecule has 0 aliphatic carbocycles. The number of benzene rings is 2. The van der Waals surface area contributed by atoms with Crippen LogP contribution in [0.3, 0.4) is 0 Å². The first-order valence-electron chi connectivity index (χ1n) is 10.4. The molecule has 0 fully saturated rings. The van der Waals surface area contributed by atoms with Crippen molar-refractivity contribution in [1.82, 2.24) is 9.66 Å². The molecule has 0 amide bonds. The van der Waals surface area contributed by atoms with E-state index in [1.165, 1.54) is 17.8 Å². The minimum absolute atomic E-state index is 0.297. The number of rotatable bonds is 6. The van der Waals surface area contributed by atoms with Crippen molar-refractivity contribution in [3.63, 3.8) is 0 Å². The van der Waals surface area contributed by atoms with E-state index in [0.29, 0.717) is 28.0 Å². The SMILES string of the molecule is C[C@H](Oc1cc(N(C)C)ccc1C=Nn1c(C(C)(C)C)nc2ccc(Br)cc2c1=O)C(=O)O. The van der Waals surface area contributed by atoms with E-state index < -0.39 is 17.5 Å². The summed E-state index contributed by atoms with van der Waals surface area (Å²) in [5.41, 5.74) is 1.21. The first kappa shape index (κ1) is 24.4. The van der Waals surface area contributed by atoms with Crippen molar-refractivity contribution in [1.29, 1.82) is 0 Å². The highest BCUT2D eigenvalue weighted by Gasteiger charge is 2.23. The normalized spacial score (nSPS) is 12.8. The maximum Gasteiger partial charge on any atom is 0.344 e. The number of halogens is 1. The highest BCUT2D eigenvalue weighted by molar-refractivity contribution is 9.10. The van der Waals surface area contributed by atoms with E-state index in [1.54, 1.807) is 24.3 Å². The molecule has 0 saturated heterocycles. The second-order valence-corrected chi connectivity index (χ2v) is 9.84. The summed E-state index contributed by atoms with van der Waals surface area (Å²) in [6.07, 6.45) is 0.438. The fraction of sp³-hybridized carbons (Fsp3) is 0.333. The minimum atomic E-state index is -1.08. The van der Waals surface area contributed by atoms with E-state index in [9.17, 15) is 14.7 Å². The Kier molecular flexibility index (Phi) is 6.92. The number of fused-ring (bicyclic) bond motifs is 1. The van der Waals surface area contributed by atoms with E-state index in [4.69, 9.17) is 9.72 Å². The Balaban J connectivity index is 2.18. The van der Waals surface area contributed by atoms with Crippen molar-refractivity contribution in [2.24, 2.45) is 5.10 Å². The van der Waals surface area contributed by atoms with Crippen LogP contribution in [-0.4, -0.2) is 47.1 Å². The molecule has 0 bridgehead atoms. The zero-order valence-corrected chi connectivity index (χ0v) is 21.0. The summed E-state index contributed by atoms with van der Waals surface area (Å²) < 4.78 is 7.73. The third-order valence-corrected chi connectivity index (χ3v) is 5.45. The largest absolute Gasteiger partial charge is 0.479 e. The van der Waals surface area contributed by atoms with Crippen molar-refractivity contribution in [3.05, 3.63) is 62.6 Å². The molecule has 1 aromatic heterocycles. The number of hydrogen-bond donors (Lipinski definition) is 1. The van der Waals surface area contributed by atoms with Gasteiger partial charge in [0.2, 0.25) is 0 Å². The standard InChI is InChI=1S/C24H27BrN4O4/c1-14(22(31)32)33-20-12-17(28(5)6)9-7-15(20)13-26-29-21(30)18-11-16(25)8-10-19(18)27-23(29)24(2,3)4/h7-14H,1-6H3,(H,31,32)/t14-/m0/s1. The molecule has 0 spiro atoms. The van der Waals surface area contributed by atoms with Crippen molar-refractivity contribution >= 4 is 44.7 Å². The lowest BCUT2D eigenvalue weighted by Gasteiger charge is -2.21. The van der Waals surface area contributed by atoms with Crippen molar-refractivity contribution in [2.45, 2.75) is 39.2 Å². The predicted octanol–water partition coefficient (Wildman–Crippen LogP) is 4.26. The number of nitrogens with zero attached hydrogens (tertiary/aromatic N) is 4. The van der Waals surface area contributed by atoms with E-state index in [2.05, 4.69) is 21.0 Å². The van der Waals surface area contributed by atoms with Crippen LogP contribution in [0.25, 0.3) is 10.9 Å². The quantitative estimate of drug-likeness (QED) is 0.493. The lowest BCUT2D eigenvalue weighted by Crippen LogP contribution is -2.29. The Morgan fingerprint density at radius 3 is 2.55 bits per heavy atom. The number of aliphatic carboxylic acids is 1. The van der Waals surface area contributed by atoms with Gasteiger partial charge in [-0.2, -0.15) is 9.78 Å². The summed E-state index contributed by atoms with van der Waals surface area (Å²) in [6, 6.07) is 10.7. The molecular formula is C24H27BrN4O4. The van der Waals surface area contributed by atoms with Crippen LogP contribution >= 0.6 is 15.9 Å². The van der Waals surface area contributed by atoms with E-state index in [-0.39, 0.29) is 5.56 Å². The van der Waals surface area contributed by atoms with Crippen LogP contribution in [0, 0.1) is 0 Å². The number of ether oxygens (including phenoxy) is 1. The molecule has 3 aromatic rings. The van der Waals surface area contributed by atoms with Gasteiger partial charge in [-0.05, 0) is 37.3 Å². The summed E-state index contributed by atoms with van der Waals surface area (Å²) >= 11 is 3.40. The number of anilines is 1. The number of carbonyl (C=O) groups is 1. The van der Waals surface area contributed by atoms with Crippen molar-refractivity contribution in [3.8, 4) is 5.75 Å². The first-order valence-corrected chi connectivity index (χ1v) is 11.2. The number of carboxylic acid groups (broad SMARTS) is 1. The molecule has 3 rings (SSSR count). The second-order valence-electron chi connectivity index (χ2n) is 8.92. The summed E-state index contributed by atoms with van der Waals surface area (Å²) in [6.45, 7) is 7.33. The first-order chi connectivity index (χ1) is 15.4. The van der Waals surface area contributed by atoms with E-state index in [0.717, 1.165) is 10.2 Å². The van der Waals surface area contributed by atoms with E-state index in [1.807, 2.05) is 51.9 Å². The molecule has 2 aromatic carbocycles. The van der Waals surface area contributed by atoms with Gasteiger partial charge in [0.25, 0.3) is 5.56 Å². The lowest BCUT2D eigenvalue weighted by molar-refractivity contribution is -0.144. The highest BCUT2D eigenvalue weighted by atomic mass is 79.9. The second kappa shape index (κ2) is 9.35. The molecule has 1 atom stereocenters. The minimum Gasteiger partial charge on any atom is -0.479 e.